The van der Waals surface area contributed by atoms with Gasteiger partial charge in [0.25, 0.3) is 5.91 Å². The summed E-state index contributed by atoms with van der Waals surface area (Å²) in [5.41, 5.74) is -0.766. The molecule has 0 unspecified atom stereocenters. The van der Waals surface area contributed by atoms with E-state index in [1.165, 1.54) is 24.3 Å². The molecule has 1 aromatic rings. The monoisotopic (exact) mass is 377 g/mol. The van der Waals surface area contributed by atoms with Crippen molar-refractivity contribution in [2.45, 2.75) is 64.5 Å². The number of halogens is 1. The highest BCUT2D eigenvalue weighted by Crippen LogP contribution is 2.32. The first kappa shape index (κ1) is 20.9. The van der Waals surface area contributed by atoms with Crippen LogP contribution in [0.1, 0.15) is 58.4 Å². The predicted molar refractivity (Wildman–Crippen MR) is 100 cm³/mol. The summed E-state index contributed by atoms with van der Waals surface area (Å²) < 4.78 is 13.2. The van der Waals surface area contributed by atoms with Gasteiger partial charge >= 0.3 is 6.03 Å². The Balaban J connectivity index is 2.06. The molecule has 0 saturated carbocycles. The SMILES string of the molecule is CCCCC[C@H](C)NC(=O)CN1C(=O)N[C@](CC)(c2ccc(F)cc2)C1=O. The molecule has 1 fully saturated rings. The van der Waals surface area contributed by atoms with Gasteiger partial charge in [0.2, 0.25) is 5.91 Å². The molecular weight excluding hydrogens is 349 g/mol. The number of carbonyl (C=O) groups is 3. The minimum absolute atomic E-state index is 0.0159. The maximum atomic E-state index is 13.2. The number of amides is 4. The molecule has 2 atom stereocenters. The van der Waals surface area contributed by atoms with Crippen LogP contribution < -0.4 is 10.6 Å². The number of rotatable bonds is 9. The third-order valence-electron chi connectivity index (χ3n) is 4.99. The third-order valence-corrected chi connectivity index (χ3v) is 4.99. The second-order valence-electron chi connectivity index (χ2n) is 7.05. The van der Waals surface area contributed by atoms with Gasteiger partial charge in [0.1, 0.15) is 17.9 Å². The number of imide groups is 1. The van der Waals surface area contributed by atoms with Crippen molar-refractivity contribution in [3.8, 4) is 0 Å². The van der Waals surface area contributed by atoms with Gasteiger partial charge in [-0.1, -0.05) is 45.2 Å². The van der Waals surface area contributed by atoms with Crippen molar-refractivity contribution in [1.29, 1.82) is 0 Å². The molecule has 1 aromatic carbocycles. The number of urea groups is 1. The van der Waals surface area contributed by atoms with Gasteiger partial charge in [-0.25, -0.2) is 9.18 Å². The van der Waals surface area contributed by atoms with Crippen molar-refractivity contribution in [2.75, 3.05) is 6.54 Å². The molecule has 0 aliphatic carbocycles. The van der Waals surface area contributed by atoms with Crippen LogP contribution in [0.3, 0.4) is 0 Å². The molecule has 6 nitrogen and oxygen atoms in total. The number of hydrogen-bond acceptors (Lipinski definition) is 3. The van der Waals surface area contributed by atoms with Crippen LogP contribution in [0.25, 0.3) is 0 Å². The standard InChI is InChI=1S/C20H28FN3O3/c1-4-6-7-8-14(3)22-17(25)13-24-18(26)20(5-2,23-19(24)27)15-9-11-16(21)12-10-15/h9-12,14H,4-8,13H2,1-3H3,(H,22,25)(H,23,27)/t14-,20+/m0/s1. The molecule has 0 spiro atoms. The number of nitrogens with one attached hydrogen (secondary N) is 2. The molecule has 1 heterocycles. The van der Waals surface area contributed by atoms with Crippen LogP contribution in [0, 0.1) is 5.82 Å². The summed E-state index contributed by atoms with van der Waals surface area (Å²) in [6.45, 7) is 5.46. The lowest BCUT2D eigenvalue weighted by Crippen LogP contribution is -2.45. The highest BCUT2D eigenvalue weighted by Gasteiger charge is 2.51. The van der Waals surface area contributed by atoms with E-state index >= 15 is 0 Å². The molecule has 0 radical (unpaired) electrons. The second-order valence-corrected chi connectivity index (χ2v) is 7.05. The first-order valence-electron chi connectivity index (χ1n) is 9.53. The fourth-order valence-corrected chi connectivity index (χ4v) is 3.38. The molecular formula is C20H28FN3O3. The van der Waals surface area contributed by atoms with Crippen molar-refractivity contribution in [1.82, 2.24) is 15.5 Å². The molecule has 1 aliphatic heterocycles. The Labute approximate surface area is 159 Å². The highest BCUT2D eigenvalue weighted by molar-refractivity contribution is 6.09. The quantitative estimate of drug-likeness (QED) is 0.513. The van der Waals surface area contributed by atoms with Gasteiger partial charge in [-0.05, 0) is 37.5 Å². The Morgan fingerprint density at radius 2 is 1.89 bits per heavy atom. The Kier molecular flexibility index (Phi) is 6.93. The largest absolute Gasteiger partial charge is 0.352 e. The topological polar surface area (TPSA) is 78.5 Å². The lowest BCUT2D eigenvalue weighted by molar-refractivity contribution is -0.135. The molecule has 1 saturated heterocycles. The van der Waals surface area contributed by atoms with Crippen molar-refractivity contribution >= 4 is 17.8 Å². The molecule has 1 aliphatic rings. The molecule has 2 N–H and O–H groups in total. The summed E-state index contributed by atoms with van der Waals surface area (Å²) in [6, 6.07) is 4.84. The van der Waals surface area contributed by atoms with E-state index in [1.807, 2.05) is 6.92 Å². The minimum Gasteiger partial charge on any atom is -0.352 e. The van der Waals surface area contributed by atoms with E-state index in [0.29, 0.717) is 12.0 Å². The zero-order chi connectivity index (χ0) is 20.0. The van der Waals surface area contributed by atoms with E-state index in [-0.39, 0.29) is 18.5 Å². The number of carbonyl (C=O) groups excluding carboxylic acids is 3. The normalized spacial score (nSPS) is 20.5. The molecule has 4 amide bonds. The fraction of sp³-hybridized carbons (Fsp3) is 0.550. The minimum atomic E-state index is -1.27. The Bertz CT molecular complexity index is 692. The Morgan fingerprint density at radius 1 is 1.22 bits per heavy atom. The van der Waals surface area contributed by atoms with E-state index < -0.39 is 23.3 Å². The van der Waals surface area contributed by atoms with Crippen molar-refractivity contribution in [3.05, 3.63) is 35.6 Å². The van der Waals surface area contributed by atoms with Crippen LogP contribution in [-0.4, -0.2) is 35.3 Å². The molecule has 148 valence electrons. The summed E-state index contributed by atoms with van der Waals surface area (Å²) in [4.78, 5) is 38.5. The van der Waals surface area contributed by atoms with E-state index in [2.05, 4.69) is 17.6 Å². The van der Waals surface area contributed by atoms with Crippen LogP contribution in [-0.2, 0) is 15.1 Å². The molecule has 7 heteroatoms. The van der Waals surface area contributed by atoms with Gasteiger partial charge in [-0.2, -0.15) is 0 Å². The van der Waals surface area contributed by atoms with Gasteiger partial charge in [0.05, 0.1) is 0 Å². The average Bonchev–Trinajstić information content (AvgIpc) is 2.87. The van der Waals surface area contributed by atoms with E-state index in [4.69, 9.17) is 0 Å². The molecule has 27 heavy (non-hydrogen) atoms. The van der Waals surface area contributed by atoms with Crippen LogP contribution >= 0.6 is 0 Å². The van der Waals surface area contributed by atoms with Gasteiger partial charge in [-0.15, -0.1) is 0 Å². The second kappa shape index (κ2) is 8.97. The molecule has 0 aromatic heterocycles. The van der Waals surface area contributed by atoms with Crippen LogP contribution in [0.2, 0.25) is 0 Å². The van der Waals surface area contributed by atoms with Crippen LogP contribution in [0.15, 0.2) is 24.3 Å². The number of hydrogen-bond donors (Lipinski definition) is 2. The lowest BCUT2D eigenvalue weighted by atomic mass is 9.87. The maximum Gasteiger partial charge on any atom is 0.325 e. The van der Waals surface area contributed by atoms with E-state index in [0.717, 1.165) is 30.6 Å². The summed E-state index contributed by atoms with van der Waals surface area (Å²) in [5, 5.41) is 5.53. The van der Waals surface area contributed by atoms with Crippen molar-refractivity contribution in [2.24, 2.45) is 0 Å². The van der Waals surface area contributed by atoms with Gasteiger partial charge < -0.3 is 10.6 Å². The summed E-state index contributed by atoms with van der Waals surface area (Å²) in [7, 11) is 0. The summed E-state index contributed by atoms with van der Waals surface area (Å²) in [6.07, 6.45) is 4.38. The smallest absolute Gasteiger partial charge is 0.325 e. The Hall–Kier alpha value is -2.44. The number of benzene rings is 1. The average molecular weight is 377 g/mol. The van der Waals surface area contributed by atoms with Gasteiger partial charge in [-0.3, -0.25) is 14.5 Å². The van der Waals surface area contributed by atoms with E-state index in [9.17, 15) is 18.8 Å². The number of nitrogens with zero attached hydrogens (tertiary/aromatic N) is 1. The van der Waals surface area contributed by atoms with Crippen molar-refractivity contribution < 1.29 is 18.8 Å². The third kappa shape index (κ3) is 4.64. The van der Waals surface area contributed by atoms with Gasteiger partial charge in [0, 0.05) is 6.04 Å². The van der Waals surface area contributed by atoms with Crippen LogP contribution in [0.5, 0.6) is 0 Å². The first-order chi connectivity index (χ1) is 12.8. The molecule has 2 rings (SSSR count). The Morgan fingerprint density at radius 3 is 2.48 bits per heavy atom. The predicted octanol–water partition coefficient (Wildman–Crippen LogP) is 3.07. The van der Waals surface area contributed by atoms with Crippen molar-refractivity contribution in [3.63, 3.8) is 0 Å². The van der Waals surface area contributed by atoms with E-state index in [1.54, 1.807) is 6.92 Å². The van der Waals surface area contributed by atoms with Gasteiger partial charge in [0.15, 0.2) is 0 Å². The zero-order valence-electron chi connectivity index (χ0n) is 16.2. The maximum absolute atomic E-state index is 13.2. The lowest BCUT2D eigenvalue weighted by Gasteiger charge is -2.25. The van der Waals surface area contributed by atoms with Crippen LogP contribution in [0.4, 0.5) is 9.18 Å². The number of unbranched alkanes of at least 4 members (excludes halogenated alkanes) is 2. The highest BCUT2D eigenvalue weighted by atomic mass is 19.1. The zero-order valence-corrected chi connectivity index (χ0v) is 16.2. The summed E-state index contributed by atoms with van der Waals surface area (Å²) >= 11 is 0. The first-order valence-corrected chi connectivity index (χ1v) is 9.53. The fourth-order valence-electron chi connectivity index (χ4n) is 3.38. The summed E-state index contributed by atoms with van der Waals surface area (Å²) in [5.74, 6) is -1.28. The molecule has 0 bridgehead atoms.